The summed E-state index contributed by atoms with van der Waals surface area (Å²) in [6, 6.07) is 2.95. The Hall–Kier alpha value is -4.14. The van der Waals surface area contributed by atoms with Crippen molar-refractivity contribution in [2.75, 3.05) is 20.3 Å². The maximum absolute atomic E-state index is 14.8. The molecule has 3 heterocycles. The Bertz CT molecular complexity index is 2010. The van der Waals surface area contributed by atoms with Crippen LogP contribution in [0.15, 0.2) is 36.5 Å². The molecule has 1 aromatic carbocycles. The summed E-state index contributed by atoms with van der Waals surface area (Å²) in [6.07, 6.45) is 5.42. The third-order valence-electron chi connectivity index (χ3n) is 11.6. The number of amides is 2. The molecule has 2 amide bonds. The van der Waals surface area contributed by atoms with Crippen LogP contribution in [0.4, 0.5) is 8.78 Å². The lowest BCUT2D eigenvalue weighted by atomic mass is 9.82. The van der Waals surface area contributed by atoms with E-state index in [1.807, 2.05) is 44.6 Å². The van der Waals surface area contributed by atoms with Crippen LogP contribution in [0.1, 0.15) is 92.4 Å². The lowest BCUT2D eigenvalue weighted by Crippen LogP contribution is -2.48. The lowest BCUT2D eigenvalue weighted by molar-refractivity contribution is -0.153. The minimum Gasteiger partial charge on any atom is -0.494 e. The van der Waals surface area contributed by atoms with E-state index in [0.29, 0.717) is 29.4 Å². The highest BCUT2D eigenvalue weighted by atomic mass is 32.2. The highest BCUT2D eigenvalue weighted by molar-refractivity contribution is 7.91. The van der Waals surface area contributed by atoms with Gasteiger partial charge in [0.15, 0.2) is 5.78 Å². The molecule has 2 aromatic rings. The minimum absolute atomic E-state index is 0.0227. The number of ether oxygens (including phenoxy) is 3. The maximum Gasteiger partial charge on any atom is 0.306 e. The number of Topliss-reactive ketones (excluding diaryl/α,β-unsaturated/α-hetero) is 1. The van der Waals surface area contributed by atoms with Crippen LogP contribution in [-0.2, 0) is 33.9 Å². The molecule has 2 aliphatic carbocycles. The quantitative estimate of drug-likeness (QED) is 0.228. The molecule has 1 saturated heterocycles. The second-order valence-corrected chi connectivity index (χ2v) is 19.5. The van der Waals surface area contributed by atoms with Crippen molar-refractivity contribution in [3.63, 3.8) is 0 Å². The van der Waals surface area contributed by atoms with Crippen molar-refractivity contribution in [2.45, 2.75) is 110 Å². The van der Waals surface area contributed by atoms with Crippen LogP contribution in [0.25, 0.3) is 10.8 Å². The number of halogens is 2. The van der Waals surface area contributed by atoms with Gasteiger partial charge in [-0.05, 0) is 67.1 Å². The van der Waals surface area contributed by atoms with Crippen molar-refractivity contribution in [1.29, 1.82) is 0 Å². The first-order chi connectivity index (χ1) is 26.3. The zero-order chi connectivity index (χ0) is 40.8. The molecule has 12 nitrogen and oxygen atoms in total. The molecule has 306 valence electrons. The summed E-state index contributed by atoms with van der Waals surface area (Å²) in [7, 11) is -3.19. The fraction of sp³-hybridized carbons (Fsp3) is 0.634. The average Bonchev–Trinajstić information content (AvgIpc) is 4.01. The largest absolute Gasteiger partial charge is 0.494 e. The molecule has 0 bridgehead atoms. The molecule has 4 aliphatic rings. The van der Waals surface area contributed by atoms with E-state index in [4.69, 9.17) is 14.2 Å². The zero-order valence-electron chi connectivity index (χ0n) is 32.9. The number of rotatable bonds is 9. The maximum atomic E-state index is 14.8. The molecule has 15 heteroatoms. The van der Waals surface area contributed by atoms with Crippen molar-refractivity contribution < 1.29 is 50.6 Å². The Morgan fingerprint density at radius 2 is 1.84 bits per heavy atom. The molecule has 56 heavy (non-hydrogen) atoms. The van der Waals surface area contributed by atoms with Gasteiger partial charge in [-0.15, -0.1) is 0 Å². The van der Waals surface area contributed by atoms with Crippen LogP contribution in [0.2, 0.25) is 0 Å². The Morgan fingerprint density at radius 1 is 1.11 bits per heavy atom. The average molecular weight is 802 g/mol. The number of carbonyl (C=O) groups excluding carboxylic acids is 4. The molecule has 1 aromatic heterocycles. The Morgan fingerprint density at radius 3 is 2.52 bits per heavy atom. The van der Waals surface area contributed by atoms with Gasteiger partial charge >= 0.3 is 5.97 Å². The predicted octanol–water partition coefficient (Wildman–Crippen LogP) is 6.21. The third-order valence-corrected chi connectivity index (χ3v) is 13.5. The number of fused-ring (bicyclic) bond motifs is 3. The number of sulfonamides is 1. The Labute approximate surface area is 327 Å². The van der Waals surface area contributed by atoms with E-state index in [1.165, 1.54) is 36.4 Å². The number of benzene rings is 1. The van der Waals surface area contributed by atoms with Gasteiger partial charge in [-0.25, -0.2) is 26.9 Å². The monoisotopic (exact) mass is 801 g/mol. The number of methoxy groups -OCH3 is 1. The Kier molecular flexibility index (Phi) is 11.6. The van der Waals surface area contributed by atoms with E-state index < -0.39 is 80.2 Å². The van der Waals surface area contributed by atoms with E-state index in [1.54, 1.807) is 0 Å². The summed E-state index contributed by atoms with van der Waals surface area (Å²) in [4.78, 5) is 62.3. The van der Waals surface area contributed by atoms with Crippen molar-refractivity contribution in [1.82, 2.24) is 14.6 Å². The van der Waals surface area contributed by atoms with Crippen molar-refractivity contribution in [2.24, 2.45) is 34.5 Å². The molecule has 3 fully saturated rings. The first kappa shape index (κ1) is 41.5. The molecular formula is C41H53F2N3O9S. The molecule has 1 N–H and O–H groups in total. The fourth-order valence-corrected chi connectivity index (χ4v) is 9.36. The Balaban J connectivity index is 1.35. The number of ketones is 1. The van der Waals surface area contributed by atoms with Crippen molar-refractivity contribution in [3.05, 3.63) is 42.4 Å². The molecule has 6 rings (SSSR count). The molecule has 7 atom stereocenters. The SMILES string of the molecule is COc1cnc(O[C@@H]2C[C@H]3C(=O)C[C@]4(C(=O)NS(=O)(=O)C5(F)CC5)C[C@H]4/C=C\CC[C@@H](C)C[C@@H](C)[C@H](CC(=O)OCC(C)(C)C)C(=O)N3C2)c2cc(F)ccc12. The van der Waals surface area contributed by atoms with Crippen molar-refractivity contribution in [3.8, 4) is 11.6 Å². The first-order valence-electron chi connectivity index (χ1n) is 19.5. The molecule has 0 spiro atoms. The van der Waals surface area contributed by atoms with Crippen LogP contribution >= 0.6 is 0 Å². The topological polar surface area (TPSA) is 158 Å². The number of nitrogens with zero attached hydrogens (tertiary/aromatic N) is 2. The predicted molar refractivity (Wildman–Crippen MR) is 203 cm³/mol. The number of esters is 1. The second-order valence-electron chi connectivity index (χ2n) is 17.6. The molecule has 0 unspecified atom stereocenters. The number of alkyl halides is 1. The third kappa shape index (κ3) is 8.87. The number of allylic oxidation sites excluding steroid dienone is 2. The number of nitrogens with one attached hydrogen (secondary N) is 1. The van der Waals surface area contributed by atoms with Crippen LogP contribution in [0.5, 0.6) is 11.6 Å². The van der Waals surface area contributed by atoms with Crippen LogP contribution in [0.3, 0.4) is 0 Å². The van der Waals surface area contributed by atoms with Crippen LogP contribution in [-0.4, -0.2) is 79.3 Å². The fourth-order valence-electron chi connectivity index (χ4n) is 8.09. The minimum atomic E-state index is -4.64. The summed E-state index contributed by atoms with van der Waals surface area (Å²) in [5, 5.41) is -1.67. The lowest BCUT2D eigenvalue weighted by Gasteiger charge is -2.32. The standard InChI is InChI=1S/C41H53F2N3O9S/c1-24-9-7-8-10-26-19-40(26,38(50)45-56(51,52)41(43)13-14-41)20-33(47)32-17-28(55-36-31-16-27(42)11-12-29(31)34(53-6)21-44-36)22-46(32)37(49)30(25(2)15-24)18-35(48)54-23-39(3,4)5/h8,10-12,16,21,24-26,28,30,32H,7,9,13-15,17-20,22-23H2,1-6H3,(H,45,50)/b10-8-/t24-,25-,26-,28-,30+,32+,40-/m1/s1. The normalized spacial score (nSPS) is 30.0. The summed E-state index contributed by atoms with van der Waals surface area (Å²) in [6.45, 7) is 9.83. The number of hydrogen-bond acceptors (Lipinski definition) is 10. The summed E-state index contributed by atoms with van der Waals surface area (Å²) in [5.41, 5.74) is -1.78. The van der Waals surface area contributed by atoms with Gasteiger partial charge in [0.1, 0.15) is 17.7 Å². The van der Waals surface area contributed by atoms with Gasteiger partial charge in [-0.2, -0.15) is 0 Å². The second kappa shape index (κ2) is 15.7. The van der Waals surface area contributed by atoms with E-state index in [0.717, 1.165) is 6.42 Å². The van der Waals surface area contributed by atoms with E-state index in [2.05, 4.69) is 11.9 Å². The van der Waals surface area contributed by atoms with E-state index >= 15 is 0 Å². The number of carbonyl (C=O) groups is 4. The molecule has 2 saturated carbocycles. The molecular weight excluding hydrogens is 749 g/mol. The van der Waals surface area contributed by atoms with Gasteiger partial charge in [-0.1, -0.05) is 46.8 Å². The highest BCUT2D eigenvalue weighted by Gasteiger charge is 2.64. The van der Waals surface area contributed by atoms with Gasteiger partial charge < -0.3 is 19.1 Å². The molecule has 0 radical (unpaired) electrons. The van der Waals surface area contributed by atoms with Gasteiger partial charge in [0.2, 0.25) is 22.7 Å². The number of hydrogen-bond donors (Lipinski definition) is 1. The summed E-state index contributed by atoms with van der Waals surface area (Å²) < 4.78 is 74.3. The van der Waals surface area contributed by atoms with Crippen molar-refractivity contribution >= 4 is 44.4 Å². The van der Waals surface area contributed by atoms with Gasteiger partial charge in [-0.3, -0.25) is 19.2 Å². The smallest absolute Gasteiger partial charge is 0.306 e. The first-order valence-corrected chi connectivity index (χ1v) is 20.9. The molecule has 2 aliphatic heterocycles. The zero-order valence-corrected chi connectivity index (χ0v) is 33.8. The van der Waals surface area contributed by atoms with Crippen LogP contribution < -0.4 is 14.2 Å². The number of pyridine rings is 1. The van der Waals surface area contributed by atoms with E-state index in [-0.39, 0.29) is 68.4 Å². The van der Waals surface area contributed by atoms with Gasteiger partial charge in [0, 0.05) is 31.1 Å². The summed E-state index contributed by atoms with van der Waals surface area (Å²) >= 11 is 0. The summed E-state index contributed by atoms with van der Waals surface area (Å²) in [5.74, 6) is -4.01. The van der Waals surface area contributed by atoms with Gasteiger partial charge in [0.25, 0.3) is 10.0 Å². The van der Waals surface area contributed by atoms with E-state index in [9.17, 15) is 36.4 Å². The van der Waals surface area contributed by atoms with Crippen LogP contribution in [0, 0.1) is 40.3 Å². The number of aromatic nitrogens is 1. The highest BCUT2D eigenvalue weighted by Crippen LogP contribution is 2.58. The van der Waals surface area contributed by atoms with Gasteiger partial charge in [0.05, 0.1) is 55.6 Å².